The molecule has 0 aliphatic heterocycles. The van der Waals surface area contributed by atoms with Gasteiger partial charge in [0.2, 0.25) is 5.82 Å². The van der Waals surface area contributed by atoms with Gasteiger partial charge in [0.15, 0.2) is 0 Å². The second-order valence-corrected chi connectivity index (χ2v) is 6.01. The first-order chi connectivity index (χ1) is 11.0. The molecule has 3 rings (SSSR count). The Labute approximate surface area is 137 Å². The summed E-state index contributed by atoms with van der Waals surface area (Å²) in [5.41, 5.74) is 1.58. The third kappa shape index (κ3) is 3.32. The number of hydrogen-bond acceptors (Lipinski definition) is 5. The molecule has 3 aromatic rings. The van der Waals surface area contributed by atoms with Gasteiger partial charge in [-0.15, -0.1) is 0 Å². The van der Waals surface area contributed by atoms with Crippen LogP contribution in [0.2, 0.25) is 5.02 Å². The average molecular weight is 331 g/mol. The highest BCUT2D eigenvalue weighted by molar-refractivity contribution is 6.32. The Balaban J connectivity index is 1.95. The summed E-state index contributed by atoms with van der Waals surface area (Å²) in [4.78, 5) is 23.2. The van der Waals surface area contributed by atoms with Gasteiger partial charge in [-0.05, 0) is 30.5 Å². The number of pyridine rings is 2. The molecule has 0 aromatic carbocycles. The van der Waals surface area contributed by atoms with E-state index in [1.807, 2.05) is 6.07 Å². The Morgan fingerprint density at radius 1 is 1.26 bits per heavy atom. The number of rotatable bonds is 4. The molecule has 3 heterocycles. The van der Waals surface area contributed by atoms with Crippen molar-refractivity contribution in [2.45, 2.75) is 20.3 Å². The molecular formula is C16H15ClN4O2. The molecule has 0 bridgehead atoms. The molecule has 0 amide bonds. The summed E-state index contributed by atoms with van der Waals surface area (Å²) in [5.74, 6) is 0.936. The lowest BCUT2D eigenvalue weighted by Gasteiger charge is -2.04. The molecule has 0 aliphatic rings. The third-order valence-corrected chi connectivity index (χ3v) is 3.57. The lowest BCUT2D eigenvalue weighted by Crippen LogP contribution is -2.13. The average Bonchev–Trinajstić information content (AvgIpc) is 2.96. The van der Waals surface area contributed by atoms with E-state index in [1.54, 1.807) is 18.3 Å². The molecular weight excluding hydrogens is 316 g/mol. The normalized spacial score (nSPS) is 11.1. The van der Waals surface area contributed by atoms with Crippen LogP contribution in [0, 0.1) is 5.92 Å². The summed E-state index contributed by atoms with van der Waals surface area (Å²) in [7, 11) is 0. The van der Waals surface area contributed by atoms with Gasteiger partial charge in [0.25, 0.3) is 11.4 Å². The number of nitrogens with zero attached hydrogens (tertiary/aromatic N) is 3. The molecule has 7 heteroatoms. The molecule has 0 aliphatic carbocycles. The fourth-order valence-electron chi connectivity index (χ4n) is 2.24. The first kappa shape index (κ1) is 15.4. The zero-order chi connectivity index (χ0) is 16.4. The zero-order valence-electron chi connectivity index (χ0n) is 12.7. The molecule has 6 nitrogen and oxygen atoms in total. The van der Waals surface area contributed by atoms with Crippen LogP contribution in [0.3, 0.4) is 0 Å². The monoisotopic (exact) mass is 330 g/mol. The minimum absolute atomic E-state index is 0.227. The highest BCUT2D eigenvalue weighted by atomic mass is 35.5. The Bertz CT molecular complexity index is 886. The lowest BCUT2D eigenvalue weighted by atomic mass is 10.1. The van der Waals surface area contributed by atoms with Gasteiger partial charge in [-0.3, -0.25) is 9.78 Å². The van der Waals surface area contributed by atoms with E-state index in [1.165, 1.54) is 6.20 Å². The van der Waals surface area contributed by atoms with Crippen molar-refractivity contribution in [3.05, 3.63) is 51.7 Å². The maximum atomic E-state index is 12.2. The number of aromatic amines is 1. The van der Waals surface area contributed by atoms with Gasteiger partial charge in [-0.2, -0.15) is 4.98 Å². The van der Waals surface area contributed by atoms with Crippen molar-refractivity contribution < 1.29 is 4.52 Å². The predicted octanol–water partition coefficient (Wildman–Crippen LogP) is 3.34. The van der Waals surface area contributed by atoms with E-state index in [4.69, 9.17) is 16.1 Å². The van der Waals surface area contributed by atoms with Crippen molar-refractivity contribution >= 4 is 11.6 Å². The van der Waals surface area contributed by atoms with Crippen LogP contribution in [0.25, 0.3) is 22.8 Å². The van der Waals surface area contributed by atoms with Crippen LogP contribution in [0.1, 0.15) is 19.5 Å². The van der Waals surface area contributed by atoms with E-state index < -0.39 is 0 Å². The van der Waals surface area contributed by atoms with Crippen LogP contribution >= 0.6 is 11.6 Å². The van der Waals surface area contributed by atoms with E-state index in [-0.39, 0.29) is 17.3 Å². The molecule has 0 spiro atoms. The Kier molecular flexibility index (Phi) is 4.25. The van der Waals surface area contributed by atoms with Gasteiger partial charge >= 0.3 is 0 Å². The first-order valence-electron chi connectivity index (χ1n) is 7.20. The Morgan fingerprint density at radius 2 is 2.09 bits per heavy atom. The van der Waals surface area contributed by atoms with Crippen molar-refractivity contribution in [2.24, 2.45) is 5.92 Å². The topological polar surface area (TPSA) is 84.7 Å². The van der Waals surface area contributed by atoms with E-state index >= 15 is 0 Å². The van der Waals surface area contributed by atoms with Gasteiger partial charge in [-0.25, -0.2) is 0 Å². The molecule has 1 N–H and O–H groups in total. The number of H-pyrrole nitrogens is 1. The first-order valence-corrected chi connectivity index (χ1v) is 7.58. The molecule has 3 aromatic heterocycles. The summed E-state index contributed by atoms with van der Waals surface area (Å²) in [6.07, 6.45) is 3.88. The summed E-state index contributed by atoms with van der Waals surface area (Å²) < 4.78 is 5.21. The standard InChI is InChI=1S/C16H15ClN4O2/c1-9(2)7-10-3-4-12(15(22)19-10)14-20-16(23-21-14)11-5-6-18-8-13(11)17/h3-6,8-9H,7H2,1-2H3,(H,19,22). The highest BCUT2D eigenvalue weighted by Gasteiger charge is 2.15. The van der Waals surface area contributed by atoms with Crippen LogP contribution in [0.4, 0.5) is 0 Å². The number of aromatic nitrogens is 4. The SMILES string of the molecule is CC(C)Cc1ccc(-c2noc(-c3ccncc3Cl)n2)c(=O)[nH]1. The van der Waals surface area contributed by atoms with Crippen molar-refractivity contribution in [3.63, 3.8) is 0 Å². The van der Waals surface area contributed by atoms with Crippen molar-refractivity contribution in [1.82, 2.24) is 20.1 Å². The molecule has 0 saturated heterocycles. The summed E-state index contributed by atoms with van der Waals surface area (Å²) in [6, 6.07) is 5.25. The summed E-state index contributed by atoms with van der Waals surface area (Å²) >= 11 is 6.06. The van der Waals surface area contributed by atoms with Crippen molar-refractivity contribution in [3.8, 4) is 22.8 Å². The zero-order valence-corrected chi connectivity index (χ0v) is 13.5. The van der Waals surface area contributed by atoms with Gasteiger partial charge in [0.1, 0.15) is 0 Å². The molecule has 0 atom stereocenters. The molecule has 0 fully saturated rings. The quantitative estimate of drug-likeness (QED) is 0.793. The fraction of sp³-hybridized carbons (Fsp3) is 0.250. The smallest absolute Gasteiger partial charge is 0.259 e. The van der Waals surface area contributed by atoms with E-state index in [2.05, 4.69) is 34.0 Å². The minimum Gasteiger partial charge on any atom is -0.334 e. The fourth-order valence-corrected chi connectivity index (χ4v) is 2.44. The highest BCUT2D eigenvalue weighted by Crippen LogP contribution is 2.26. The maximum absolute atomic E-state index is 12.2. The maximum Gasteiger partial charge on any atom is 0.259 e. The van der Waals surface area contributed by atoms with E-state index in [0.29, 0.717) is 22.1 Å². The van der Waals surface area contributed by atoms with Gasteiger partial charge < -0.3 is 9.51 Å². The minimum atomic E-state index is -0.240. The molecule has 118 valence electrons. The molecule has 0 unspecified atom stereocenters. The van der Waals surface area contributed by atoms with Crippen LogP contribution in [-0.4, -0.2) is 20.1 Å². The van der Waals surface area contributed by atoms with Crippen molar-refractivity contribution in [2.75, 3.05) is 0 Å². The van der Waals surface area contributed by atoms with E-state index in [9.17, 15) is 4.79 Å². The van der Waals surface area contributed by atoms with Crippen molar-refractivity contribution in [1.29, 1.82) is 0 Å². The Morgan fingerprint density at radius 3 is 2.78 bits per heavy atom. The van der Waals surface area contributed by atoms with E-state index in [0.717, 1.165) is 12.1 Å². The van der Waals surface area contributed by atoms with Gasteiger partial charge in [0.05, 0.1) is 16.1 Å². The number of halogens is 1. The number of hydrogen-bond donors (Lipinski definition) is 1. The Hall–Kier alpha value is -2.47. The van der Waals surface area contributed by atoms with Crippen LogP contribution < -0.4 is 5.56 Å². The lowest BCUT2D eigenvalue weighted by molar-refractivity contribution is 0.432. The summed E-state index contributed by atoms with van der Waals surface area (Å²) in [6.45, 7) is 4.19. The largest absolute Gasteiger partial charge is 0.334 e. The van der Waals surface area contributed by atoms with Gasteiger partial charge in [0, 0.05) is 18.1 Å². The number of nitrogens with one attached hydrogen (secondary N) is 1. The molecule has 0 radical (unpaired) electrons. The molecule has 23 heavy (non-hydrogen) atoms. The summed E-state index contributed by atoms with van der Waals surface area (Å²) in [5, 5.41) is 4.28. The van der Waals surface area contributed by atoms with Crippen LogP contribution in [-0.2, 0) is 6.42 Å². The second kappa shape index (κ2) is 6.34. The van der Waals surface area contributed by atoms with Crippen LogP contribution in [0.15, 0.2) is 39.9 Å². The van der Waals surface area contributed by atoms with Crippen LogP contribution in [0.5, 0.6) is 0 Å². The predicted molar refractivity (Wildman–Crippen MR) is 87.1 cm³/mol. The second-order valence-electron chi connectivity index (χ2n) is 5.60. The third-order valence-electron chi connectivity index (χ3n) is 3.27. The molecule has 0 saturated carbocycles. The van der Waals surface area contributed by atoms with Gasteiger partial charge in [-0.1, -0.05) is 30.6 Å².